The van der Waals surface area contributed by atoms with E-state index in [2.05, 4.69) is 42.1 Å². The topological polar surface area (TPSA) is 37.8 Å². The van der Waals surface area contributed by atoms with Gasteiger partial charge >= 0.3 is 0 Å². The first-order valence-corrected chi connectivity index (χ1v) is 6.14. The second kappa shape index (κ2) is 5.94. The SMILES string of the molecule is CCc1cc(C(CC)C(C)NC)nc(C)n1. The number of likely N-dealkylation sites (N-methyl/N-ethyl adjacent to an activating group) is 1. The van der Waals surface area contributed by atoms with Crippen molar-refractivity contribution in [2.24, 2.45) is 0 Å². The molecule has 1 rings (SSSR count). The summed E-state index contributed by atoms with van der Waals surface area (Å²) in [7, 11) is 2.00. The summed E-state index contributed by atoms with van der Waals surface area (Å²) in [5.41, 5.74) is 2.32. The summed E-state index contributed by atoms with van der Waals surface area (Å²) in [4.78, 5) is 8.99. The quantitative estimate of drug-likeness (QED) is 0.830. The molecule has 3 heteroatoms. The number of nitrogens with zero attached hydrogens (tertiary/aromatic N) is 2. The maximum atomic E-state index is 4.57. The maximum absolute atomic E-state index is 4.57. The molecular formula is C13H23N3. The average Bonchev–Trinajstić information content (AvgIpc) is 2.29. The highest BCUT2D eigenvalue weighted by Crippen LogP contribution is 2.22. The van der Waals surface area contributed by atoms with E-state index in [1.807, 2.05) is 14.0 Å². The second-order valence-electron chi connectivity index (χ2n) is 4.28. The van der Waals surface area contributed by atoms with E-state index in [0.29, 0.717) is 12.0 Å². The summed E-state index contributed by atoms with van der Waals surface area (Å²) in [6.45, 7) is 8.52. The van der Waals surface area contributed by atoms with E-state index in [9.17, 15) is 0 Å². The lowest BCUT2D eigenvalue weighted by Crippen LogP contribution is -2.29. The Hall–Kier alpha value is -0.960. The van der Waals surface area contributed by atoms with Crippen molar-refractivity contribution in [3.8, 4) is 0 Å². The number of aromatic nitrogens is 2. The van der Waals surface area contributed by atoms with Crippen molar-refractivity contribution < 1.29 is 0 Å². The average molecular weight is 221 g/mol. The molecule has 0 radical (unpaired) electrons. The Labute approximate surface area is 98.7 Å². The van der Waals surface area contributed by atoms with E-state index in [0.717, 1.165) is 24.4 Å². The number of aryl methyl sites for hydroxylation is 2. The van der Waals surface area contributed by atoms with Crippen molar-refractivity contribution in [3.05, 3.63) is 23.3 Å². The summed E-state index contributed by atoms with van der Waals surface area (Å²) >= 11 is 0. The van der Waals surface area contributed by atoms with Gasteiger partial charge in [-0.25, -0.2) is 9.97 Å². The number of hydrogen-bond donors (Lipinski definition) is 1. The minimum atomic E-state index is 0.448. The van der Waals surface area contributed by atoms with E-state index in [1.54, 1.807) is 0 Å². The van der Waals surface area contributed by atoms with Crippen LogP contribution in [0.1, 0.15) is 50.3 Å². The van der Waals surface area contributed by atoms with Crippen LogP contribution < -0.4 is 5.32 Å². The Morgan fingerprint density at radius 3 is 2.50 bits per heavy atom. The molecule has 0 amide bonds. The van der Waals surface area contributed by atoms with Gasteiger partial charge in [-0.1, -0.05) is 13.8 Å². The largest absolute Gasteiger partial charge is 0.317 e. The lowest BCUT2D eigenvalue weighted by Gasteiger charge is -2.22. The Morgan fingerprint density at radius 1 is 1.31 bits per heavy atom. The molecule has 0 saturated carbocycles. The molecule has 0 aliphatic carbocycles. The Kier molecular flexibility index (Phi) is 4.87. The Balaban J connectivity index is 3.04. The number of nitrogens with one attached hydrogen (secondary N) is 1. The number of rotatable bonds is 5. The highest BCUT2D eigenvalue weighted by atomic mass is 14.9. The third-order valence-electron chi connectivity index (χ3n) is 3.15. The van der Waals surface area contributed by atoms with Crippen LogP contribution in [0.15, 0.2) is 6.07 Å². The molecule has 1 aromatic heterocycles. The van der Waals surface area contributed by atoms with E-state index in [1.165, 1.54) is 5.69 Å². The Bertz CT molecular complexity index is 336. The predicted molar refractivity (Wildman–Crippen MR) is 67.7 cm³/mol. The molecule has 1 heterocycles. The van der Waals surface area contributed by atoms with Crippen LogP contribution in [-0.2, 0) is 6.42 Å². The maximum Gasteiger partial charge on any atom is 0.125 e. The third kappa shape index (κ3) is 3.01. The van der Waals surface area contributed by atoms with Gasteiger partial charge in [0.2, 0.25) is 0 Å². The molecule has 0 bridgehead atoms. The smallest absolute Gasteiger partial charge is 0.125 e. The van der Waals surface area contributed by atoms with Crippen LogP contribution in [0.3, 0.4) is 0 Å². The monoisotopic (exact) mass is 221 g/mol. The van der Waals surface area contributed by atoms with Crippen LogP contribution in [0, 0.1) is 6.92 Å². The fourth-order valence-electron chi connectivity index (χ4n) is 2.05. The second-order valence-corrected chi connectivity index (χ2v) is 4.28. The normalized spacial score (nSPS) is 14.8. The summed E-state index contributed by atoms with van der Waals surface area (Å²) in [6, 6.07) is 2.60. The van der Waals surface area contributed by atoms with Crippen LogP contribution in [0.2, 0.25) is 0 Å². The van der Waals surface area contributed by atoms with Crippen molar-refractivity contribution in [2.45, 2.75) is 52.5 Å². The molecule has 2 atom stereocenters. The van der Waals surface area contributed by atoms with Gasteiger partial charge in [-0.05, 0) is 39.8 Å². The highest BCUT2D eigenvalue weighted by molar-refractivity contribution is 5.16. The molecule has 0 aliphatic heterocycles. The molecule has 0 spiro atoms. The van der Waals surface area contributed by atoms with Crippen molar-refractivity contribution >= 4 is 0 Å². The van der Waals surface area contributed by atoms with Crippen LogP contribution >= 0.6 is 0 Å². The van der Waals surface area contributed by atoms with Gasteiger partial charge in [0.1, 0.15) is 5.82 Å². The van der Waals surface area contributed by atoms with Crippen molar-refractivity contribution in [1.82, 2.24) is 15.3 Å². The van der Waals surface area contributed by atoms with E-state index >= 15 is 0 Å². The summed E-state index contributed by atoms with van der Waals surface area (Å²) in [6.07, 6.45) is 2.07. The molecule has 16 heavy (non-hydrogen) atoms. The summed E-state index contributed by atoms with van der Waals surface area (Å²) < 4.78 is 0. The van der Waals surface area contributed by atoms with E-state index in [4.69, 9.17) is 0 Å². The van der Waals surface area contributed by atoms with Crippen LogP contribution in [0.4, 0.5) is 0 Å². The van der Waals surface area contributed by atoms with Gasteiger partial charge in [-0.2, -0.15) is 0 Å². The summed E-state index contributed by atoms with van der Waals surface area (Å²) in [5, 5.41) is 3.31. The van der Waals surface area contributed by atoms with E-state index < -0.39 is 0 Å². The van der Waals surface area contributed by atoms with Crippen molar-refractivity contribution in [3.63, 3.8) is 0 Å². The molecule has 0 fully saturated rings. The predicted octanol–water partition coefficient (Wildman–Crippen LogP) is 2.45. The molecule has 0 saturated heterocycles. The Morgan fingerprint density at radius 2 is 2.00 bits per heavy atom. The van der Waals surface area contributed by atoms with Crippen LogP contribution in [0.25, 0.3) is 0 Å². The third-order valence-corrected chi connectivity index (χ3v) is 3.15. The van der Waals surface area contributed by atoms with Gasteiger partial charge in [0.05, 0.1) is 0 Å². The molecule has 0 aliphatic rings. The lowest BCUT2D eigenvalue weighted by molar-refractivity contribution is 0.472. The van der Waals surface area contributed by atoms with Crippen molar-refractivity contribution in [2.75, 3.05) is 7.05 Å². The molecule has 0 aromatic carbocycles. The van der Waals surface area contributed by atoms with Crippen molar-refractivity contribution in [1.29, 1.82) is 0 Å². The zero-order valence-electron chi connectivity index (χ0n) is 11.0. The standard InChI is InChI=1S/C13H23N3/c1-6-11-8-13(16-10(4)15-11)12(7-2)9(3)14-5/h8-9,12,14H,6-7H2,1-5H3. The van der Waals surface area contributed by atoms with Crippen LogP contribution in [0.5, 0.6) is 0 Å². The lowest BCUT2D eigenvalue weighted by atomic mass is 9.94. The zero-order chi connectivity index (χ0) is 12.1. The van der Waals surface area contributed by atoms with Gasteiger partial charge in [0.15, 0.2) is 0 Å². The van der Waals surface area contributed by atoms with Crippen LogP contribution in [-0.4, -0.2) is 23.1 Å². The molecule has 90 valence electrons. The fraction of sp³-hybridized carbons (Fsp3) is 0.692. The molecule has 3 nitrogen and oxygen atoms in total. The summed E-state index contributed by atoms with van der Waals surface area (Å²) in [5.74, 6) is 1.35. The first kappa shape index (κ1) is 13.1. The molecule has 2 unspecified atom stereocenters. The molecule has 1 aromatic rings. The highest BCUT2D eigenvalue weighted by Gasteiger charge is 2.18. The first-order chi connectivity index (χ1) is 7.62. The fourth-order valence-corrected chi connectivity index (χ4v) is 2.05. The first-order valence-electron chi connectivity index (χ1n) is 6.14. The van der Waals surface area contributed by atoms with Gasteiger partial charge < -0.3 is 5.32 Å². The van der Waals surface area contributed by atoms with Gasteiger partial charge in [0.25, 0.3) is 0 Å². The van der Waals surface area contributed by atoms with E-state index in [-0.39, 0.29) is 0 Å². The molecular weight excluding hydrogens is 198 g/mol. The zero-order valence-corrected chi connectivity index (χ0v) is 11.0. The van der Waals surface area contributed by atoms with Gasteiger partial charge in [0, 0.05) is 23.3 Å². The minimum Gasteiger partial charge on any atom is -0.317 e. The molecule has 1 N–H and O–H groups in total. The minimum absolute atomic E-state index is 0.448. The number of hydrogen-bond acceptors (Lipinski definition) is 3. The van der Waals surface area contributed by atoms with Gasteiger partial charge in [-0.3, -0.25) is 0 Å². The van der Waals surface area contributed by atoms with Gasteiger partial charge in [-0.15, -0.1) is 0 Å².